The highest BCUT2D eigenvalue weighted by molar-refractivity contribution is 5.76. The number of pyridine rings is 1. The number of ether oxygens (including phenoxy) is 3. The van der Waals surface area contributed by atoms with Gasteiger partial charge in [0.15, 0.2) is 0 Å². The van der Waals surface area contributed by atoms with Crippen LogP contribution < -0.4 is 4.90 Å². The smallest absolute Gasteiger partial charge is 0.409 e. The Hall–Kier alpha value is -3.33. The van der Waals surface area contributed by atoms with Crippen LogP contribution in [-0.4, -0.2) is 70.8 Å². The van der Waals surface area contributed by atoms with Gasteiger partial charge in [-0.1, -0.05) is 12.2 Å². The summed E-state index contributed by atoms with van der Waals surface area (Å²) >= 11 is 0. The third-order valence-electron chi connectivity index (χ3n) is 6.72. The number of piperidine rings is 1. The van der Waals surface area contributed by atoms with Gasteiger partial charge < -0.3 is 24.0 Å². The molecule has 0 atom stereocenters. The second-order valence-electron chi connectivity index (χ2n) is 9.13. The van der Waals surface area contributed by atoms with Crippen LogP contribution in [0.15, 0.2) is 42.4 Å². The van der Waals surface area contributed by atoms with Crippen molar-refractivity contribution in [1.82, 2.24) is 19.7 Å². The summed E-state index contributed by atoms with van der Waals surface area (Å²) in [4.78, 5) is 20.4. The maximum Gasteiger partial charge on any atom is 0.409 e. The van der Waals surface area contributed by atoms with Crippen molar-refractivity contribution in [2.24, 2.45) is 0 Å². The van der Waals surface area contributed by atoms with Crippen LogP contribution >= 0.6 is 0 Å². The molecule has 1 amide bonds. The van der Waals surface area contributed by atoms with Crippen molar-refractivity contribution in [2.45, 2.75) is 52.4 Å². The van der Waals surface area contributed by atoms with E-state index in [0.717, 1.165) is 60.0 Å². The number of rotatable bonds is 6. The Kier molecular flexibility index (Phi) is 6.77. The standard InChI is InChI=1S/C26H33N5O4/c1-4-6-23-18(3)34-17-19-14-31(28-25(19)23)20-7-8-24(27-13-20)29-11-9-21(10-12-29)35-22-15-30(16-22)26(32)33-5-2/h4,6-8,13-14,21-22H,5,9-12,15-17H2,1-3H3/b6-4-. The van der Waals surface area contributed by atoms with E-state index < -0.39 is 0 Å². The molecule has 9 heteroatoms. The third kappa shape index (κ3) is 4.91. The SMILES string of the molecule is C/C=C\C1=C(C)OCc2cn(-c3ccc(N4CCC(OC5CN(C(=O)OCC)C5)CC4)nc3)nc21. The van der Waals surface area contributed by atoms with Crippen molar-refractivity contribution < 1.29 is 19.0 Å². The predicted octanol–water partition coefficient (Wildman–Crippen LogP) is 3.93. The Morgan fingerprint density at radius 2 is 2.03 bits per heavy atom. The zero-order chi connectivity index (χ0) is 24.4. The molecule has 5 rings (SSSR count). The van der Waals surface area contributed by atoms with E-state index in [4.69, 9.17) is 24.3 Å². The van der Waals surface area contributed by atoms with Crippen molar-refractivity contribution in [3.8, 4) is 5.69 Å². The summed E-state index contributed by atoms with van der Waals surface area (Å²) in [6.07, 6.45) is 9.94. The molecular formula is C26H33N5O4. The zero-order valence-electron chi connectivity index (χ0n) is 20.6. The van der Waals surface area contributed by atoms with Crippen LogP contribution in [0.3, 0.4) is 0 Å². The minimum absolute atomic E-state index is 0.116. The van der Waals surface area contributed by atoms with Crippen molar-refractivity contribution in [3.05, 3.63) is 53.7 Å². The molecule has 2 aromatic rings. The molecule has 5 heterocycles. The number of hydrogen-bond donors (Lipinski definition) is 0. The van der Waals surface area contributed by atoms with Crippen molar-refractivity contribution in [3.63, 3.8) is 0 Å². The van der Waals surface area contributed by atoms with Crippen LogP contribution in [0.1, 0.15) is 44.9 Å². The second-order valence-corrected chi connectivity index (χ2v) is 9.13. The minimum Gasteiger partial charge on any atom is -0.493 e. The highest BCUT2D eigenvalue weighted by Gasteiger charge is 2.35. The first kappa shape index (κ1) is 23.4. The monoisotopic (exact) mass is 479 g/mol. The van der Waals surface area contributed by atoms with Gasteiger partial charge in [-0.3, -0.25) is 0 Å². The van der Waals surface area contributed by atoms with Crippen LogP contribution in [0.25, 0.3) is 11.3 Å². The first-order valence-corrected chi connectivity index (χ1v) is 12.4. The van der Waals surface area contributed by atoms with Crippen molar-refractivity contribution in [1.29, 1.82) is 0 Å². The van der Waals surface area contributed by atoms with Crippen molar-refractivity contribution in [2.75, 3.05) is 37.7 Å². The molecule has 2 fully saturated rings. The van der Waals surface area contributed by atoms with Crippen LogP contribution in [-0.2, 0) is 20.8 Å². The average molecular weight is 480 g/mol. The zero-order valence-corrected chi connectivity index (χ0v) is 20.6. The number of aromatic nitrogens is 3. The summed E-state index contributed by atoms with van der Waals surface area (Å²) in [6, 6.07) is 4.12. The number of amides is 1. The van der Waals surface area contributed by atoms with Gasteiger partial charge in [-0.05, 0) is 45.7 Å². The van der Waals surface area contributed by atoms with Crippen LogP contribution in [0.5, 0.6) is 0 Å². The van der Waals surface area contributed by atoms with E-state index in [-0.39, 0.29) is 18.3 Å². The fraction of sp³-hybridized carbons (Fsp3) is 0.500. The molecule has 0 saturated carbocycles. The minimum atomic E-state index is -0.245. The lowest BCUT2D eigenvalue weighted by atomic mass is 10.1. The molecule has 2 saturated heterocycles. The van der Waals surface area contributed by atoms with E-state index in [2.05, 4.69) is 17.0 Å². The van der Waals surface area contributed by atoms with Gasteiger partial charge in [-0.15, -0.1) is 0 Å². The van der Waals surface area contributed by atoms with Crippen LogP contribution in [0.4, 0.5) is 10.6 Å². The van der Waals surface area contributed by atoms with E-state index in [0.29, 0.717) is 26.3 Å². The lowest BCUT2D eigenvalue weighted by molar-refractivity contribution is -0.0913. The molecule has 0 aromatic carbocycles. The fourth-order valence-electron chi connectivity index (χ4n) is 4.75. The average Bonchev–Trinajstić information content (AvgIpc) is 3.28. The Bertz CT molecular complexity index is 1110. The predicted molar refractivity (Wildman–Crippen MR) is 132 cm³/mol. The Morgan fingerprint density at radius 3 is 2.71 bits per heavy atom. The maximum absolute atomic E-state index is 11.7. The van der Waals surface area contributed by atoms with Crippen LogP contribution in [0, 0.1) is 0 Å². The fourth-order valence-corrected chi connectivity index (χ4v) is 4.75. The van der Waals surface area contributed by atoms with Gasteiger partial charge in [0.25, 0.3) is 0 Å². The topological polar surface area (TPSA) is 82.0 Å². The Balaban J connectivity index is 1.15. The van der Waals surface area contributed by atoms with E-state index in [1.165, 1.54) is 0 Å². The molecule has 0 radical (unpaired) electrons. The van der Waals surface area contributed by atoms with Gasteiger partial charge in [-0.25, -0.2) is 14.5 Å². The number of likely N-dealkylation sites (tertiary alicyclic amines) is 1. The lowest BCUT2D eigenvalue weighted by Gasteiger charge is -2.41. The van der Waals surface area contributed by atoms with Gasteiger partial charge in [0, 0.05) is 30.4 Å². The number of nitrogens with zero attached hydrogens (tertiary/aromatic N) is 5. The van der Waals surface area contributed by atoms with E-state index in [1.54, 1.807) is 4.90 Å². The summed E-state index contributed by atoms with van der Waals surface area (Å²) < 4.78 is 18.9. The summed E-state index contributed by atoms with van der Waals surface area (Å²) in [7, 11) is 0. The Morgan fingerprint density at radius 1 is 1.23 bits per heavy atom. The number of carbonyl (C=O) groups is 1. The molecule has 2 aromatic heterocycles. The molecule has 35 heavy (non-hydrogen) atoms. The first-order chi connectivity index (χ1) is 17.1. The second kappa shape index (κ2) is 10.1. The number of allylic oxidation sites excluding steroid dienone is 4. The highest BCUT2D eigenvalue weighted by atomic mass is 16.6. The third-order valence-corrected chi connectivity index (χ3v) is 6.72. The van der Waals surface area contributed by atoms with Gasteiger partial charge >= 0.3 is 6.09 Å². The highest BCUT2D eigenvalue weighted by Crippen LogP contribution is 2.30. The van der Waals surface area contributed by atoms with Gasteiger partial charge in [0.05, 0.1) is 43.8 Å². The molecule has 9 nitrogen and oxygen atoms in total. The molecule has 3 aliphatic heterocycles. The molecule has 186 valence electrons. The van der Waals surface area contributed by atoms with E-state index in [9.17, 15) is 4.79 Å². The van der Waals surface area contributed by atoms with Crippen molar-refractivity contribution >= 4 is 17.5 Å². The molecule has 0 aliphatic carbocycles. The quantitative estimate of drug-likeness (QED) is 0.621. The van der Waals surface area contributed by atoms with E-state index >= 15 is 0 Å². The summed E-state index contributed by atoms with van der Waals surface area (Å²) in [5.41, 5.74) is 3.99. The van der Waals surface area contributed by atoms with Gasteiger partial charge in [0.2, 0.25) is 0 Å². The maximum atomic E-state index is 11.7. The number of carbonyl (C=O) groups excluding carboxylic acids is 1. The largest absolute Gasteiger partial charge is 0.493 e. The molecule has 3 aliphatic rings. The number of anilines is 1. The van der Waals surface area contributed by atoms with Gasteiger partial charge in [0.1, 0.15) is 23.9 Å². The lowest BCUT2D eigenvalue weighted by Crippen LogP contribution is -2.56. The summed E-state index contributed by atoms with van der Waals surface area (Å²) in [5, 5.41) is 4.82. The molecule has 0 bridgehead atoms. The number of fused-ring (bicyclic) bond motifs is 1. The van der Waals surface area contributed by atoms with Gasteiger partial charge in [-0.2, -0.15) is 5.10 Å². The molecule has 0 spiro atoms. The van der Waals surface area contributed by atoms with Crippen LogP contribution in [0.2, 0.25) is 0 Å². The van der Waals surface area contributed by atoms with E-state index in [1.807, 2.05) is 50.0 Å². The summed E-state index contributed by atoms with van der Waals surface area (Å²) in [5.74, 6) is 1.87. The molecule has 0 N–H and O–H groups in total. The summed E-state index contributed by atoms with van der Waals surface area (Å²) in [6.45, 7) is 9.77. The normalized spacial score (nSPS) is 19.1. The first-order valence-electron chi connectivity index (χ1n) is 12.4. The Labute approximate surface area is 206 Å². The molecular weight excluding hydrogens is 446 g/mol. The molecule has 0 unspecified atom stereocenters. The number of hydrogen-bond acceptors (Lipinski definition) is 7.